The van der Waals surface area contributed by atoms with E-state index in [1.165, 1.54) is 0 Å². The van der Waals surface area contributed by atoms with Crippen molar-refractivity contribution in [1.82, 2.24) is 14.9 Å². The molecule has 2 amide bonds. The van der Waals surface area contributed by atoms with Crippen molar-refractivity contribution in [3.8, 4) is 0 Å². The summed E-state index contributed by atoms with van der Waals surface area (Å²) in [7, 11) is 0. The first-order valence-electron chi connectivity index (χ1n) is 9.65. The minimum Gasteiger partial charge on any atom is -0.349 e. The van der Waals surface area contributed by atoms with Gasteiger partial charge in [0, 0.05) is 19.2 Å². The van der Waals surface area contributed by atoms with Crippen LogP contribution in [0.4, 0.5) is 14.5 Å². The molecule has 1 aliphatic heterocycles. The van der Waals surface area contributed by atoms with Crippen molar-refractivity contribution in [2.75, 3.05) is 11.9 Å². The molecule has 0 aliphatic carbocycles. The first kappa shape index (κ1) is 20.0. The van der Waals surface area contributed by atoms with Gasteiger partial charge in [-0.3, -0.25) is 9.59 Å². The Morgan fingerprint density at radius 3 is 2.75 bits per heavy atom. The molecule has 0 atom stereocenters. The zero-order valence-corrected chi connectivity index (χ0v) is 15.9. The number of rotatable bonds is 7. The molecule has 2 N–H and O–H groups in total. The number of anilines is 1. The summed E-state index contributed by atoms with van der Waals surface area (Å²) in [5, 5.41) is 5.27. The van der Waals surface area contributed by atoms with Gasteiger partial charge < -0.3 is 15.2 Å². The van der Waals surface area contributed by atoms with E-state index in [1.54, 1.807) is 4.57 Å². The molecule has 0 radical (unpaired) electrons. The normalized spacial score (nSPS) is 13.1. The van der Waals surface area contributed by atoms with Gasteiger partial charge in [0.1, 0.15) is 11.6 Å². The van der Waals surface area contributed by atoms with E-state index in [4.69, 9.17) is 0 Å². The number of nitrogens with zero attached hydrogens (tertiary/aromatic N) is 2. The molecule has 3 rings (SSSR count). The smallest absolute Gasteiger partial charge is 0.287 e. The fourth-order valence-electron chi connectivity index (χ4n) is 3.33. The van der Waals surface area contributed by atoms with E-state index in [-0.39, 0.29) is 23.1 Å². The molecule has 150 valence electrons. The van der Waals surface area contributed by atoms with Gasteiger partial charge in [-0.2, -0.15) is 0 Å². The maximum atomic E-state index is 13.9. The van der Waals surface area contributed by atoms with Crippen molar-refractivity contribution in [1.29, 1.82) is 0 Å². The van der Waals surface area contributed by atoms with Gasteiger partial charge in [0.25, 0.3) is 11.8 Å². The lowest BCUT2D eigenvalue weighted by molar-refractivity contribution is 0.0937. The number of hydrogen-bond donors (Lipinski definition) is 2. The Morgan fingerprint density at radius 1 is 1.18 bits per heavy atom. The number of carbonyl (C=O) groups excluding carboxylic acids is 2. The van der Waals surface area contributed by atoms with Crippen molar-refractivity contribution in [3.63, 3.8) is 0 Å². The van der Waals surface area contributed by atoms with Crippen molar-refractivity contribution in [2.24, 2.45) is 0 Å². The second-order valence-corrected chi connectivity index (χ2v) is 6.88. The quantitative estimate of drug-likeness (QED) is 0.709. The third-order valence-electron chi connectivity index (χ3n) is 4.78. The summed E-state index contributed by atoms with van der Waals surface area (Å²) >= 11 is 0. The first-order chi connectivity index (χ1) is 13.5. The maximum absolute atomic E-state index is 13.9. The molecular formula is C20H24F2N4O2. The standard InChI is InChI=1S/C20H24F2N4O2/c1-2-3-5-10-23-20(28)18-25-17(16-7-4-6-11-26(16)18)19(27)24-15-9-8-13(21)12-14(15)22/h8-9,12H,2-7,10-11H2,1H3,(H,23,28)(H,24,27). The lowest BCUT2D eigenvalue weighted by atomic mass is 10.1. The van der Waals surface area contributed by atoms with Crippen LogP contribution in [-0.4, -0.2) is 27.9 Å². The number of aromatic nitrogens is 2. The lowest BCUT2D eigenvalue weighted by Crippen LogP contribution is -2.28. The number of nitrogens with one attached hydrogen (secondary N) is 2. The molecule has 0 unspecified atom stereocenters. The summed E-state index contributed by atoms with van der Waals surface area (Å²) in [5.74, 6) is -2.31. The highest BCUT2D eigenvalue weighted by molar-refractivity contribution is 6.05. The predicted molar refractivity (Wildman–Crippen MR) is 101 cm³/mol. The van der Waals surface area contributed by atoms with Crippen LogP contribution in [0.5, 0.6) is 0 Å². The summed E-state index contributed by atoms with van der Waals surface area (Å²) in [6, 6.07) is 2.93. The summed E-state index contributed by atoms with van der Waals surface area (Å²) < 4.78 is 28.7. The van der Waals surface area contributed by atoms with Crippen molar-refractivity contribution in [2.45, 2.75) is 52.0 Å². The molecular weight excluding hydrogens is 366 g/mol. The Morgan fingerprint density at radius 2 is 2.00 bits per heavy atom. The monoisotopic (exact) mass is 390 g/mol. The predicted octanol–water partition coefficient (Wildman–Crippen LogP) is 3.67. The average molecular weight is 390 g/mol. The number of unbranched alkanes of at least 4 members (excludes halogenated alkanes) is 2. The summed E-state index contributed by atoms with van der Waals surface area (Å²) in [4.78, 5) is 29.5. The number of benzene rings is 1. The number of hydrogen-bond acceptors (Lipinski definition) is 3. The number of halogens is 2. The molecule has 6 nitrogen and oxygen atoms in total. The summed E-state index contributed by atoms with van der Waals surface area (Å²) in [6.45, 7) is 3.25. The SMILES string of the molecule is CCCCCNC(=O)c1nc(C(=O)Nc2ccc(F)cc2F)c2n1CCCC2. The molecule has 1 aromatic heterocycles. The van der Waals surface area contributed by atoms with Crippen LogP contribution in [0.15, 0.2) is 18.2 Å². The molecule has 2 aromatic rings. The van der Waals surface area contributed by atoms with Gasteiger partial charge in [-0.15, -0.1) is 0 Å². The topological polar surface area (TPSA) is 76.0 Å². The molecule has 28 heavy (non-hydrogen) atoms. The second-order valence-electron chi connectivity index (χ2n) is 6.88. The van der Waals surface area contributed by atoms with E-state index in [9.17, 15) is 18.4 Å². The molecule has 0 saturated heterocycles. The van der Waals surface area contributed by atoms with E-state index >= 15 is 0 Å². The number of amides is 2. The summed E-state index contributed by atoms with van der Waals surface area (Å²) in [5.41, 5.74) is 0.654. The van der Waals surface area contributed by atoms with Gasteiger partial charge in [0.05, 0.1) is 11.4 Å². The van der Waals surface area contributed by atoms with Crippen LogP contribution in [0.25, 0.3) is 0 Å². The Labute approximate surface area is 162 Å². The van der Waals surface area contributed by atoms with E-state index in [0.717, 1.165) is 44.2 Å². The third-order valence-corrected chi connectivity index (χ3v) is 4.78. The lowest BCUT2D eigenvalue weighted by Gasteiger charge is -2.17. The molecule has 0 spiro atoms. The highest BCUT2D eigenvalue weighted by Crippen LogP contribution is 2.23. The molecule has 1 aromatic carbocycles. The van der Waals surface area contributed by atoms with Crippen LogP contribution in [-0.2, 0) is 13.0 Å². The maximum Gasteiger partial charge on any atom is 0.287 e. The molecule has 1 aliphatic rings. The van der Waals surface area contributed by atoms with E-state index in [1.807, 2.05) is 0 Å². The second kappa shape index (κ2) is 8.95. The van der Waals surface area contributed by atoms with Gasteiger partial charge in [-0.25, -0.2) is 13.8 Å². The number of fused-ring (bicyclic) bond motifs is 1. The number of imidazole rings is 1. The van der Waals surface area contributed by atoms with Gasteiger partial charge in [0.2, 0.25) is 0 Å². The van der Waals surface area contributed by atoms with E-state index in [2.05, 4.69) is 22.5 Å². The van der Waals surface area contributed by atoms with Gasteiger partial charge in [-0.1, -0.05) is 19.8 Å². The van der Waals surface area contributed by atoms with E-state index < -0.39 is 17.5 Å². The van der Waals surface area contributed by atoms with Crippen molar-refractivity contribution < 1.29 is 18.4 Å². The summed E-state index contributed by atoms with van der Waals surface area (Å²) in [6.07, 6.45) is 5.36. The van der Waals surface area contributed by atoms with Gasteiger partial charge in [0.15, 0.2) is 11.5 Å². The minimum atomic E-state index is -0.865. The van der Waals surface area contributed by atoms with Gasteiger partial charge in [-0.05, 0) is 37.8 Å². The number of carbonyl (C=O) groups is 2. The van der Waals surface area contributed by atoms with Crippen molar-refractivity contribution in [3.05, 3.63) is 47.0 Å². The Balaban J connectivity index is 1.81. The highest BCUT2D eigenvalue weighted by atomic mass is 19.1. The average Bonchev–Trinajstić information content (AvgIpc) is 3.07. The van der Waals surface area contributed by atoms with Gasteiger partial charge >= 0.3 is 0 Å². The zero-order chi connectivity index (χ0) is 20.1. The van der Waals surface area contributed by atoms with Crippen LogP contribution in [0, 0.1) is 11.6 Å². The molecule has 0 bridgehead atoms. The van der Waals surface area contributed by atoms with Crippen LogP contribution < -0.4 is 10.6 Å². The third kappa shape index (κ3) is 4.37. The van der Waals surface area contributed by atoms with E-state index in [0.29, 0.717) is 31.3 Å². The fourth-order valence-corrected chi connectivity index (χ4v) is 3.33. The largest absolute Gasteiger partial charge is 0.349 e. The van der Waals surface area contributed by atoms with Crippen LogP contribution in [0.2, 0.25) is 0 Å². The Hall–Kier alpha value is -2.77. The minimum absolute atomic E-state index is 0.113. The Kier molecular flexibility index (Phi) is 6.38. The molecule has 0 saturated carbocycles. The molecule has 8 heteroatoms. The van der Waals surface area contributed by atoms with Crippen LogP contribution in [0.1, 0.15) is 65.8 Å². The zero-order valence-electron chi connectivity index (χ0n) is 15.9. The molecule has 0 fully saturated rings. The fraction of sp³-hybridized carbons (Fsp3) is 0.450. The van der Waals surface area contributed by atoms with Crippen LogP contribution >= 0.6 is 0 Å². The molecule has 2 heterocycles. The first-order valence-corrected chi connectivity index (χ1v) is 9.65. The Bertz CT molecular complexity index is 879. The van der Waals surface area contributed by atoms with Crippen LogP contribution in [0.3, 0.4) is 0 Å². The van der Waals surface area contributed by atoms with Crippen molar-refractivity contribution >= 4 is 17.5 Å². The highest BCUT2D eigenvalue weighted by Gasteiger charge is 2.27.